The lowest BCUT2D eigenvalue weighted by Gasteiger charge is -2.30. The molecule has 15 heavy (non-hydrogen) atoms. The van der Waals surface area contributed by atoms with Gasteiger partial charge >= 0.3 is 11.9 Å². The van der Waals surface area contributed by atoms with Crippen molar-refractivity contribution in [1.29, 1.82) is 0 Å². The first-order chi connectivity index (χ1) is 7.24. The molecule has 1 atom stereocenters. The minimum absolute atomic E-state index is 0.224. The van der Waals surface area contributed by atoms with Gasteiger partial charge in [-0.2, -0.15) is 0 Å². The molecule has 2 saturated heterocycles. The molecule has 2 heterocycles. The second-order valence-electron chi connectivity index (χ2n) is 4.10. The fourth-order valence-corrected chi connectivity index (χ4v) is 2.06. The predicted molar refractivity (Wildman–Crippen MR) is 51.1 cm³/mol. The lowest BCUT2D eigenvalue weighted by Crippen LogP contribution is -2.45. The van der Waals surface area contributed by atoms with E-state index >= 15 is 0 Å². The number of morpholine rings is 1. The van der Waals surface area contributed by atoms with E-state index < -0.39 is 11.9 Å². The van der Waals surface area contributed by atoms with Crippen LogP contribution in [0.25, 0.3) is 0 Å². The summed E-state index contributed by atoms with van der Waals surface area (Å²) < 4.78 is 9.80. The Balaban J connectivity index is 1.82. The van der Waals surface area contributed by atoms with Crippen LogP contribution in [0.15, 0.2) is 0 Å². The number of nitrogens with zero attached hydrogens (tertiary/aromatic N) is 1. The van der Waals surface area contributed by atoms with Gasteiger partial charge in [0, 0.05) is 13.2 Å². The highest BCUT2D eigenvalue weighted by Crippen LogP contribution is 2.15. The van der Waals surface area contributed by atoms with Crippen molar-refractivity contribution in [2.45, 2.75) is 12.8 Å². The fraction of sp³-hybridized carbons (Fsp3) is 0.800. The first-order valence-corrected chi connectivity index (χ1v) is 5.27. The third-order valence-corrected chi connectivity index (χ3v) is 2.70. The van der Waals surface area contributed by atoms with Gasteiger partial charge in [-0.15, -0.1) is 0 Å². The number of carbonyl (C=O) groups excluding carboxylic acids is 2. The van der Waals surface area contributed by atoms with Crippen molar-refractivity contribution < 1.29 is 19.1 Å². The highest BCUT2D eigenvalue weighted by atomic mass is 16.6. The van der Waals surface area contributed by atoms with Crippen LogP contribution in [-0.2, 0) is 19.1 Å². The Kier molecular flexibility index (Phi) is 3.33. The van der Waals surface area contributed by atoms with Gasteiger partial charge < -0.3 is 9.47 Å². The van der Waals surface area contributed by atoms with Crippen LogP contribution >= 0.6 is 0 Å². The van der Waals surface area contributed by atoms with Crippen molar-refractivity contribution in [1.82, 2.24) is 4.90 Å². The highest BCUT2D eigenvalue weighted by molar-refractivity contribution is 5.90. The first-order valence-electron chi connectivity index (χ1n) is 5.27. The summed E-state index contributed by atoms with van der Waals surface area (Å²) in [6.45, 7) is 2.77. The summed E-state index contributed by atoms with van der Waals surface area (Å²) in [7, 11) is 0. The summed E-state index contributed by atoms with van der Waals surface area (Å²) in [6, 6.07) is 0. The van der Waals surface area contributed by atoms with E-state index in [0.717, 1.165) is 32.6 Å². The summed E-state index contributed by atoms with van der Waals surface area (Å²) >= 11 is 0. The maximum atomic E-state index is 11.0. The molecule has 2 aliphatic heterocycles. The Morgan fingerprint density at radius 1 is 1.27 bits per heavy atom. The first kappa shape index (κ1) is 10.6. The minimum atomic E-state index is -0.442. The molecular weight excluding hydrogens is 198 g/mol. The van der Waals surface area contributed by atoms with E-state index in [9.17, 15) is 9.59 Å². The molecular formula is C10H15NO4. The standard InChI is InChI=1S/C10H15NO4/c12-9-5-11(6-10(13)15-9)4-8-2-1-3-14-7-8/h8H,1-7H2. The Labute approximate surface area is 88.3 Å². The lowest BCUT2D eigenvalue weighted by atomic mass is 10.0. The minimum Gasteiger partial charge on any atom is -0.391 e. The van der Waals surface area contributed by atoms with Crippen molar-refractivity contribution in [2.75, 3.05) is 32.8 Å². The topological polar surface area (TPSA) is 55.8 Å². The van der Waals surface area contributed by atoms with Crippen LogP contribution in [-0.4, -0.2) is 49.7 Å². The number of hydrogen-bond acceptors (Lipinski definition) is 5. The zero-order chi connectivity index (χ0) is 10.7. The molecule has 0 amide bonds. The van der Waals surface area contributed by atoms with Crippen molar-refractivity contribution >= 4 is 11.9 Å². The van der Waals surface area contributed by atoms with E-state index in [0.29, 0.717) is 5.92 Å². The Hall–Kier alpha value is -0.940. The quantitative estimate of drug-likeness (QED) is 0.469. The van der Waals surface area contributed by atoms with Crippen LogP contribution in [0.1, 0.15) is 12.8 Å². The number of cyclic esters (lactones) is 2. The third kappa shape index (κ3) is 3.00. The van der Waals surface area contributed by atoms with Crippen LogP contribution in [0.3, 0.4) is 0 Å². The summed E-state index contributed by atoms with van der Waals surface area (Å²) in [5.41, 5.74) is 0. The second-order valence-corrected chi connectivity index (χ2v) is 4.10. The van der Waals surface area contributed by atoms with Gasteiger partial charge in [-0.25, -0.2) is 0 Å². The monoisotopic (exact) mass is 213 g/mol. The second kappa shape index (κ2) is 4.72. The van der Waals surface area contributed by atoms with Gasteiger partial charge in [0.1, 0.15) is 0 Å². The predicted octanol–water partition coefficient (Wildman–Crippen LogP) is -0.202. The maximum absolute atomic E-state index is 11.0. The van der Waals surface area contributed by atoms with Crippen LogP contribution in [0.5, 0.6) is 0 Å². The Morgan fingerprint density at radius 3 is 2.60 bits per heavy atom. The molecule has 0 aliphatic carbocycles. The van der Waals surface area contributed by atoms with Gasteiger partial charge in [0.05, 0.1) is 19.7 Å². The summed E-state index contributed by atoms with van der Waals surface area (Å²) in [5, 5.41) is 0. The average molecular weight is 213 g/mol. The molecule has 1 unspecified atom stereocenters. The van der Waals surface area contributed by atoms with Gasteiger partial charge in [0.15, 0.2) is 0 Å². The summed E-state index contributed by atoms with van der Waals surface area (Å²) in [4.78, 5) is 23.9. The Bertz CT molecular complexity index is 244. The van der Waals surface area contributed by atoms with E-state index in [-0.39, 0.29) is 13.1 Å². The molecule has 0 aromatic heterocycles. The number of ether oxygens (including phenoxy) is 2. The van der Waals surface area contributed by atoms with Gasteiger partial charge in [-0.1, -0.05) is 0 Å². The van der Waals surface area contributed by atoms with Crippen molar-refractivity contribution in [3.63, 3.8) is 0 Å². The zero-order valence-corrected chi connectivity index (χ0v) is 8.61. The molecule has 2 rings (SSSR count). The van der Waals surface area contributed by atoms with E-state index in [2.05, 4.69) is 4.74 Å². The van der Waals surface area contributed by atoms with E-state index in [4.69, 9.17) is 4.74 Å². The zero-order valence-electron chi connectivity index (χ0n) is 8.61. The molecule has 0 aromatic carbocycles. The highest BCUT2D eigenvalue weighted by Gasteiger charge is 2.27. The SMILES string of the molecule is O=C1CN(CC2CCCOC2)CC(=O)O1. The molecule has 0 saturated carbocycles. The van der Waals surface area contributed by atoms with Crippen LogP contribution in [0.2, 0.25) is 0 Å². The molecule has 0 spiro atoms. The summed E-state index contributed by atoms with van der Waals surface area (Å²) in [5.74, 6) is -0.441. The van der Waals surface area contributed by atoms with E-state index in [1.807, 2.05) is 4.90 Å². The molecule has 2 aliphatic rings. The largest absolute Gasteiger partial charge is 0.391 e. The van der Waals surface area contributed by atoms with Crippen molar-refractivity contribution in [2.24, 2.45) is 5.92 Å². The van der Waals surface area contributed by atoms with Crippen LogP contribution in [0.4, 0.5) is 0 Å². The number of hydrogen-bond donors (Lipinski definition) is 0. The molecule has 84 valence electrons. The Morgan fingerprint density at radius 2 is 2.00 bits per heavy atom. The summed E-state index contributed by atoms with van der Waals surface area (Å²) in [6.07, 6.45) is 2.18. The molecule has 2 fully saturated rings. The van der Waals surface area contributed by atoms with Crippen molar-refractivity contribution in [3.8, 4) is 0 Å². The molecule has 0 N–H and O–H groups in total. The molecule has 5 nitrogen and oxygen atoms in total. The molecule has 0 bridgehead atoms. The number of carbonyl (C=O) groups is 2. The fourth-order valence-electron chi connectivity index (χ4n) is 2.06. The van der Waals surface area contributed by atoms with Gasteiger partial charge in [0.25, 0.3) is 0 Å². The van der Waals surface area contributed by atoms with Crippen molar-refractivity contribution in [3.05, 3.63) is 0 Å². The average Bonchev–Trinajstić information content (AvgIpc) is 2.17. The lowest BCUT2D eigenvalue weighted by molar-refractivity contribution is -0.167. The molecule has 5 heteroatoms. The van der Waals surface area contributed by atoms with Crippen LogP contribution < -0.4 is 0 Å². The van der Waals surface area contributed by atoms with Gasteiger partial charge in [-0.3, -0.25) is 14.5 Å². The van der Waals surface area contributed by atoms with Gasteiger partial charge in [-0.05, 0) is 18.8 Å². The van der Waals surface area contributed by atoms with Gasteiger partial charge in [0.2, 0.25) is 0 Å². The van der Waals surface area contributed by atoms with E-state index in [1.165, 1.54) is 0 Å². The number of esters is 2. The molecule has 0 aromatic rings. The van der Waals surface area contributed by atoms with E-state index in [1.54, 1.807) is 0 Å². The maximum Gasteiger partial charge on any atom is 0.327 e. The normalized spacial score (nSPS) is 28.9. The number of rotatable bonds is 2. The third-order valence-electron chi connectivity index (χ3n) is 2.70. The van der Waals surface area contributed by atoms with Crippen LogP contribution in [0, 0.1) is 5.92 Å². The smallest absolute Gasteiger partial charge is 0.327 e. The molecule has 0 radical (unpaired) electrons.